The second-order valence-electron chi connectivity index (χ2n) is 5.24. The van der Waals surface area contributed by atoms with E-state index >= 15 is 0 Å². The molecule has 0 radical (unpaired) electrons. The Kier molecular flexibility index (Phi) is 5.73. The third-order valence-corrected chi connectivity index (χ3v) is 3.54. The molecule has 0 heterocycles. The number of esters is 1. The van der Waals surface area contributed by atoms with E-state index in [1.54, 1.807) is 7.05 Å². The third-order valence-electron chi connectivity index (χ3n) is 3.54. The molecule has 2 rings (SSSR count). The molecule has 0 bridgehead atoms. The first-order valence-electron chi connectivity index (χ1n) is 7.40. The molecule has 1 amide bonds. The van der Waals surface area contributed by atoms with Crippen molar-refractivity contribution in [1.82, 2.24) is 4.90 Å². The first-order chi connectivity index (χ1) is 11.5. The van der Waals surface area contributed by atoms with E-state index in [-0.39, 0.29) is 0 Å². The normalized spacial score (nSPS) is 11.0. The highest BCUT2D eigenvalue weighted by atomic mass is 16.5. The van der Waals surface area contributed by atoms with Crippen LogP contribution in [0.2, 0.25) is 0 Å². The number of amides is 1. The van der Waals surface area contributed by atoms with Gasteiger partial charge in [0.2, 0.25) is 5.76 Å². The Labute approximate surface area is 140 Å². The van der Waals surface area contributed by atoms with Gasteiger partial charge in [0.25, 0.3) is 5.91 Å². The lowest BCUT2D eigenvalue weighted by Gasteiger charge is -2.18. The van der Waals surface area contributed by atoms with E-state index < -0.39 is 17.6 Å². The molecule has 0 aliphatic carbocycles. The van der Waals surface area contributed by atoms with Crippen molar-refractivity contribution >= 4 is 11.9 Å². The number of likely N-dealkylation sites (N-methyl/N-ethyl adjacent to an activating group) is 1. The van der Waals surface area contributed by atoms with Crippen LogP contribution in [-0.2, 0) is 20.9 Å². The molecule has 2 aromatic rings. The maximum absolute atomic E-state index is 12.1. The Bertz CT molecular complexity index is 753. The molecule has 5 nitrogen and oxygen atoms in total. The van der Waals surface area contributed by atoms with E-state index in [1.807, 2.05) is 54.6 Å². The SMILES string of the molecule is COC(=O)C(O)=CC(=O)N(C)Cc1ccccc1-c1ccccc1. The maximum atomic E-state index is 12.1. The maximum Gasteiger partial charge on any atom is 0.373 e. The van der Waals surface area contributed by atoms with Crippen LogP contribution in [0.3, 0.4) is 0 Å². The van der Waals surface area contributed by atoms with Crippen molar-refractivity contribution in [2.24, 2.45) is 0 Å². The number of ether oxygens (including phenoxy) is 1. The van der Waals surface area contributed by atoms with Gasteiger partial charge in [0.15, 0.2) is 0 Å². The summed E-state index contributed by atoms with van der Waals surface area (Å²) in [6.45, 7) is 0.342. The van der Waals surface area contributed by atoms with E-state index in [2.05, 4.69) is 4.74 Å². The average Bonchev–Trinajstić information content (AvgIpc) is 2.62. The standard InChI is InChI=1S/C19H19NO4/c1-20(18(22)12-17(21)19(23)24-2)13-15-10-6-7-11-16(15)14-8-4-3-5-9-14/h3-12,21H,13H2,1-2H3. The average molecular weight is 325 g/mol. The second kappa shape index (κ2) is 7.97. The highest BCUT2D eigenvalue weighted by Gasteiger charge is 2.14. The first kappa shape index (κ1) is 17.3. The van der Waals surface area contributed by atoms with Crippen LogP contribution in [0.5, 0.6) is 0 Å². The number of hydrogen-bond donors (Lipinski definition) is 1. The van der Waals surface area contributed by atoms with Gasteiger partial charge >= 0.3 is 5.97 Å². The van der Waals surface area contributed by atoms with E-state index in [0.29, 0.717) is 6.54 Å². The molecule has 0 spiro atoms. The van der Waals surface area contributed by atoms with E-state index in [4.69, 9.17) is 0 Å². The number of aliphatic hydroxyl groups excluding tert-OH is 1. The molecule has 2 aromatic carbocycles. The number of carbonyl (C=O) groups is 2. The first-order valence-corrected chi connectivity index (χ1v) is 7.40. The Morgan fingerprint density at radius 2 is 1.71 bits per heavy atom. The summed E-state index contributed by atoms with van der Waals surface area (Å²) < 4.78 is 4.36. The van der Waals surface area contributed by atoms with Crippen LogP contribution in [0.1, 0.15) is 5.56 Å². The lowest BCUT2D eigenvalue weighted by Crippen LogP contribution is -2.25. The number of methoxy groups -OCH3 is 1. The van der Waals surface area contributed by atoms with Gasteiger partial charge in [-0.1, -0.05) is 54.6 Å². The summed E-state index contributed by atoms with van der Waals surface area (Å²) >= 11 is 0. The van der Waals surface area contributed by atoms with Crippen molar-refractivity contribution in [3.63, 3.8) is 0 Å². The topological polar surface area (TPSA) is 66.8 Å². The zero-order valence-electron chi connectivity index (χ0n) is 13.6. The lowest BCUT2D eigenvalue weighted by molar-refractivity contribution is -0.139. The Hall–Kier alpha value is -3.08. The highest BCUT2D eigenvalue weighted by molar-refractivity contribution is 5.96. The summed E-state index contributed by atoms with van der Waals surface area (Å²) in [7, 11) is 2.74. The fourth-order valence-corrected chi connectivity index (χ4v) is 2.28. The second-order valence-corrected chi connectivity index (χ2v) is 5.24. The molecule has 0 atom stereocenters. The largest absolute Gasteiger partial charge is 0.502 e. The van der Waals surface area contributed by atoms with Crippen molar-refractivity contribution in [3.05, 3.63) is 72.0 Å². The van der Waals surface area contributed by atoms with Crippen LogP contribution >= 0.6 is 0 Å². The minimum Gasteiger partial charge on any atom is -0.502 e. The van der Waals surface area contributed by atoms with Crippen LogP contribution < -0.4 is 0 Å². The van der Waals surface area contributed by atoms with Gasteiger partial charge in [-0.2, -0.15) is 0 Å². The molecular weight excluding hydrogens is 306 g/mol. The number of carbonyl (C=O) groups excluding carboxylic acids is 2. The van der Waals surface area contributed by atoms with Crippen molar-refractivity contribution in [2.45, 2.75) is 6.54 Å². The van der Waals surface area contributed by atoms with Crippen molar-refractivity contribution in [2.75, 3.05) is 14.2 Å². The highest BCUT2D eigenvalue weighted by Crippen LogP contribution is 2.24. The van der Waals surface area contributed by atoms with Crippen LogP contribution in [0.25, 0.3) is 11.1 Å². The molecule has 0 saturated carbocycles. The molecule has 0 aromatic heterocycles. The molecule has 0 saturated heterocycles. The monoisotopic (exact) mass is 325 g/mol. The van der Waals surface area contributed by atoms with Gasteiger partial charge in [-0.25, -0.2) is 4.79 Å². The van der Waals surface area contributed by atoms with Crippen molar-refractivity contribution < 1.29 is 19.4 Å². The number of benzene rings is 2. The van der Waals surface area contributed by atoms with E-state index in [9.17, 15) is 14.7 Å². The van der Waals surface area contributed by atoms with Crippen molar-refractivity contribution in [1.29, 1.82) is 0 Å². The Balaban J connectivity index is 2.20. The quantitative estimate of drug-likeness (QED) is 0.521. The van der Waals surface area contributed by atoms with E-state index in [1.165, 1.54) is 4.90 Å². The zero-order chi connectivity index (χ0) is 17.5. The Morgan fingerprint density at radius 1 is 1.08 bits per heavy atom. The van der Waals surface area contributed by atoms with Crippen LogP contribution in [0, 0.1) is 0 Å². The molecule has 1 N–H and O–H groups in total. The molecule has 0 aliphatic heterocycles. The number of aliphatic hydroxyl groups is 1. The Morgan fingerprint density at radius 3 is 2.38 bits per heavy atom. The molecule has 24 heavy (non-hydrogen) atoms. The summed E-state index contributed by atoms with van der Waals surface area (Å²) in [5.41, 5.74) is 3.05. The molecular formula is C19H19NO4. The summed E-state index contributed by atoms with van der Waals surface area (Å²) in [6.07, 6.45) is 0.858. The molecule has 0 fully saturated rings. The number of hydrogen-bond acceptors (Lipinski definition) is 4. The predicted molar refractivity (Wildman–Crippen MR) is 91.1 cm³/mol. The van der Waals surface area contributed by atoms with Gasteiger partial charge in [0.05, 0.1) is 13.2 Å². The predicted octanol–water partition coefficient (Wildman–Crippen LogP) is 2.93. The van der Waals surface area contributed by atoms with Crippen molar-refractivity contribution in [3.8, 4) is 11.1 Å². The van der Waals surface area contributed by atoms with Gasteiger partial charge in [-0.15, -0.1) is 0 Å². The van der Waals surface area contributed by atoms with Gasteiger partial charge in [-0.3, -0.25) is 4.79 Å². The number of rotatable bonds is 5. The molecule has 0 unspecified atom stereocenters. The minimum absolute atomic E-state index is 0.342. The van der Waals surface area contributed by atoms with Gasteiger partial charge in [0, 0.05) is 13.6 Å². The van der Waals surface area contributed by atoms with E-state index in [0.717, 1.165) is 29.9 Å². The molecule has 5 heteroatoms. The van der Waals surface area contributed by atoms with Crippen LogP contribution in [0.4, 0.5) is 0 Å². The number of nitrogens with zero attached hydrogens (tertiary/aromatic N) is 1. The fraction of sp³-hybridized carbons (Fsp3) is 0.158. The molecule has 124 valence electrons. The fourth-order valence-electron chi connectivity index (χ4n) is 2.28. The summed E-state index contributed by atoms with van der Waals surface area (Å²) in [5.74, 6) is -2.15. The summed E-state index contributed by atoms with van der Waals surface area (Å²) in [4.78, 5) is 24.7. The summed E-state index contributed by atoms with van der Waals surface area (Å²) in [6, 6.07) is 17.6. The summed E-state index contributed by atoms with van der Waals surface area (Å²) in [5, 5.41) is 9.47. The zero-order valence-corrected chi connectivity index (χ0v) is 13.6. The van der Waals surface area contributed by atoms with Crippen LogP contribution in [0.15, 0.2) is 66.4 Å². The van der Waals surface area contributed by atoms with Gasteiger partial charge in [-0.05, 0) is 16.7 Å². The smallest absolute Gasteiger partial charge is 0.373 e. The van der Waals surface area contributed by atoms with Gasteiger partial charge in [0.1, 0.15) is 0 Å². The minimum atomic E-state index is -0.943. The molecule has 0 aliphatic rings. The lowest BCUT2D eigenvalue weighted by atomic mass is 9.99. The third kappa shape index (κ3) is 4.23. The van der Waals surface area contributed by atoms with Gasteiger partial charge < -0.3 is 14.7 Å². The van der Waals surface area contributed by atoms with Crippen LogP contribution in [-0.4, -0.2) is 36.0 Å².